The number of methoxy groups -OCH3 is 1. The van der Waals surface area contributed by atoms with Gasteiger partial charge in [-0.25, -0.2) is 0 Å². The maximum atomic E-state index is 5.44. The SMILES string of the molecule is COc1nc(Nc2ccccc2)[nH]c1C(=S)Nc1ccccc1. The molecule has 0 bridgehead atoms. The van der Waals surface area contributed by atoms with Crippen LogP contribution in [0.3, 0.4) is 0 Å². The molecule has 0 aliphatic rings. The minimum Gasteiger partial charge on any atom is -0.479 e. The smallest absolute Gasteiger partial charge is 0.243 e. The van der Waals surface area contributed by atoms with Crippen LogP contribution in [0, 0.1) is 0 Å². The van der Waals surface area contributed by atoms with Crippen molar-refractivity contribution >= 4 is 34.5 Å². The van der Waals surface area contributed by atoms with Gasteiger partial charge in [0.1, 0.15) is 10.7 Å². The van der Waals surface area contributed by atoms with E-state index >= 15 is 0 Å². The Kier molecular flexibility index (Phi) is 4.54. The van der Waals surface area contributed by atoms with E-state index in [1.54, 1.807) is 7.11 Å². The van der Waals surface area contributed by atoms with Crippen molar-refractivity contribution in [2.75, 3.05) is 17.7 Å². The topological polar surface area (TPSA) is 62.0 Å². The van der Waals surface area contributed by atoms with Crippen LogP contribution in [-0.2, 0) is 0 Å². The summed E-state index contributed by atoms with van der Waals surface area (Å²) in [6, 6.07) is 19.5. The zero-order chi connectivity index (χ0) is 16.1. The van der Waals surface area contributed by atoms with Crippen LogP contribution in [0.25, 0.3) is 0 Å². The first-order valence-corrected chi connectivity index (χ1v) is 7.49. The highest BCUT2D eigenvalue weighted by Crippen LogP contribution is 2.22. The second kappa shape index (κ2) is 6.93. The van der Waals surface area contributed by atoms with Crippen LogP contribution >= 0.6 is 12.2 Å². The minimum absolute atomic E-state index is 0.442. The molecular formula is C17H16N4OS. The fourth-order valence-corrected chi connectivity index (χ4v) is 2.35. The number of rotatable bonds is 5. The van der Waals surface area contributed by atoms with Crippen molar-refractivity contribution in [3.63, 3.8) is 0 Å². The van der Waals surface area contributed by atoms with E-state index in [0.29, 0.717) is 22.5 Å². The summed E-state index contributed by atoms with van der Waals surface area (Å²) in [5.74, 6) is 1.01. The van der Waals surface area contributed by atoms with Gasteiger partial charge in [0.2, 0.25) is 11.8 Å². The van der Waals surface area contributed by atoms with Gasteiger partial charge >= 0.3 is 0 Å². The zero-order valence-corrected chi connectivity index (χ0v) is 13.4. The predicted octanol–water partition coefficient (Wildman–Crippen LogP) is 3.95. The fourth-order valence-electron chi connectivity index (χ4n) is 2.09. The van der Waals surface area contributed by atoms with E-state index in [0.717, 1.165) is 11.4 Å². The molecule has 0 fully saturated rings. The Balaban J connectivity index is 1.80. The molecule has 6 heteroatoms. The second-order valence-electron chi connectivity index (χ2n) is 4.78. The number of nitrogens with zero attached hydrogens (tertiary/aromatic N) is 1. The normalized spacial score (nSPS) is 10.1. The van der Waals surface area contributed by atoms with E-state index in [2.05, 4.69) is 20.6 Å². The highest BCUT2D eigenvalue weighted by Gasteiger charge is 2.15. The lowest BCUT2D eigenvalue weighted by Crippen LogP contribution is -2.12. The van der Waals surface area contributed by atoms with Gasteiger partial charge in [-0.2, -0.15) is 4.98 Å². The van der Waals surface area contributed by atoms with Gasteiger partial charge in [-0.1, -0.05) is 48.6 Å². The van der Waals surface area contributed by atoms with Crippen molar-refractivity contribution in [2.45, 2.75) is 0 Å². The van der Waals surface area contributed by atoms with Crippen LogP contribution in [0.15, 0.2) is 60.7 Å². The molecule has 0 saturated heterocycles. The predicted molar refractivity (Wildman–Crippen MR) is 96.6 cm³/mol. The summed E-state index contributed by atoms with van der Waals surface area (Å²) in [5, 5.41) is 6.35. The standard InChI is InChI=1S/C17H16N4OS/c1-22-15-14(16(23)18-12-8-4-2-5-9-12)20-17(21-15)19-13-10-6-3-7-11-13/h2-11H,1H3,(H,18,23)(H2,19,20,21). The van der Waals surface area contributed by atoms with Gasteiger partial charge in [0.05, 0.1) is 7.11 Å². The number of aromatic nitrogens is 2. The van der Waals surface area contributed by atoms with Crippen LogP contribution < -0.4 is 15.4 Å². The first-order valence-electron chi connectivity index (χ1n) is 7.09. The zero-order valence-electron chi connectivity index (χ0n) is 12.5. The van der Waals surface area contributed by atoms with E-state index in [1.165, 1.54) is 0 Å². The minimum atomic E-state index is 0.442. The van der Waals surface area contributed by atoms with E-state index in [4.69, 9.17) is 17.0 Å². The molecule has 0 amide bonds. The van der Waals surface area contributed by atoms with Crippen LogP contribution in [0.1, 0.15) is 5.69 Å². The molecule has 5 nitrogen and oxygen atoms in total. The van der Waals surface area contributed by atoms with Gasteiger partial charge < -0.3 is 20.4 Å². The lowest BCUT2D eigenvalue weighted by molar-refractivity contribution is 0.399. The molecule has 0 aliphatic heterocycles. The van der Waals surface area contributed by atoms with E-state index in [9.17, 15) is 0 Å². The Labute approximate surface area is 139 Å². The molecule has 0 saturated carbocycles. The molecule has 23 heavy (non-hydrogen) atoms. The van der Waals surface area contributed by atoms with Crippen molar-refractivity contribution in [2.24, 2.45) is 0 Å². The molecular weight excluding hydrogens is 308 g/mol. The Morgan fingerprint density at radius 3 is 2.22 bits per heavy atom. The molecule has 2 aromatic carbocycles. The van der Waals surface area contributed by atoms with Crippen molar-refractivity contribution in [3.05, 3.63) is 66.4 Å². The highest BCUT2D eigenvalue weighted by molar-refractivity contribution is 7.81. The van der Waals surface area contributed by atoms with E-state index in [-0.39, 0.29) is 0 Å². The molecule has 3 aromatic rings. The molecule has 116 valence electrons. The quantitative estimate of drug-likeness (QED) is 0.620. The van der Waals surface area contributed by atoms with E-state index in [1.807, 2.05) is 60.7 Å². The molecule has 0 spiro atoms. The van der Waals surface area contributed by atoms with Gasteiger partial charge in [0.15, 0.2) is 0 Å². The lowest BCUT2D eigenvalue weighted by atomic mass is 10.3. The summed E-state index contributed by atoms with van der Waals surface area (Å²) in [5.41, 5.74) is 2.47. The van der Waals surface area contributed by atoms with Crippen LogP contribution in [0.4, 0.5) is 17.3 Å². The molecule has 1 aromatic heterocycles. The van der Waals surface area contributed by atoms with Crippen LogP contribution in [0.2, 0.25) is 0 Å². The van der Waals surface area contributed by atoms with Crippen molar-refractivity contribution < 1.29 is 4.74 Å². The Hall–Kier alpha value is -2.86. The molecule has 0 atom stereocenters. The number of anilines is 3. The maximum Gasteiger partial charge on any atom is 0.243 e. The Morgan fingerprint density at radius 2 is 1.61 bits per heavy atom. The molecule has 3 N–H and O–H groups in total. The lowest BCUT2D eigenvalue weighted by Gasteiger charge is -2.07. The van der Waals surface area contributed by atoms with Crippen molar-refractivity contribution in [3.8, 4) is 5.88 Å². The number of aromatic amines is 1. The average molecular weight is 324 g/mol. The van der Waals surface area contributed by atoms with Crippen molar-refractivity contribution in [1.82, 2.24) is 9.97 Å². The van der Waals surface area contributed by atoms with Gasteiger partial charge in [0, 0.05) is 11.4 Å². The summed E-state index contributed by atoms with van der Waals surface area (Å²) in [7, 11) is 1.57. The molecule has 0 radical (unpaired) electrons. The molecule has 0 aliphatic carbocycles. The first kappa shape index (κ1) is 15.1. The van der Waals surface area contributed by atoms with Crippen LogP contribution in [0.5, 0.6) is 5.88 Å². The third kappa shape index (κ3) is 3.67. The number of benzene rings is 2. The summed E-state index contributed by atoms with van der Waals surface area (Å²) >= 11 is 5.44. The molecule has 0 unspecified atom stereocenters. The van der Waals surface area contributed by atoms with Crippen LogP contribution in [-0.4, -0.2) is 22.1 Å². The summed E-state index contributed by atoms with van der Waals surface area (Å²) < 4.78 is 5.31. The number of hydrogen-bond donors (Lipinski definition) is 3. The van der Waals surface area contributed by atoms with Gasteiger partial charge in [-0.15, -0.1) is 0 Å². The van der Waals surface area contributed by atoms with Crippen molar-refractivity contribution in [1.29, 1.82) is 0 Å². The molecule has 3 rings (SSSR count). The maximum absolute atomic E-state index is 5.44. The number of ether oxygens (including phenoxy) is 1. The number of H-pyrrole nitrogens is 1. The monoisotopic (exact) mass is 324 g/mol. The van der Waals surface area contributed by atoms with Gasteiger partial charge in [-0.05, 0) is 24.3 Å². The van der Waals surface area contributed by atoms with E-state index < -0.39 is 0 Å². The third-order valence-electron chi connectivity index (χ3n) is 3.16. The van der Waals surface area contributed by atoms with Gasteiger partial charge in [-0.3, -0.25) is 0 Å². The number of nitrogens with one attached hydrogen (secondary N) is 3. The fraction of sp³-hybridized carbons (Fsp3) is 0.0588. The number of imidazole rings is 1. The summed E-state index contributed by atoms with van der Waals surface area (Å²) in [6.07, 6.45) is 0. The number of para-hydroxylation sites is 2. The molecule has 1 heterocycles. The Bertz CT molecular complexity index is 787. The highest BCUT2D eigenvalue weighted by atomic mass is 32.1. The largest absolute Gasteiger partial charge is 0.479 e. The van der Waals surface area contributed by atoms with Gasteiger partial charge in [0.25, 0.3) is 0 Å². The second-order valence-corrected chi connectivity index (χ2v) is 5.19. The number of thiocarbonyl (C=S) groups is 1. The summed E-state index contributed by atoms with van der Waals surface area (Å²) in [6.45, 7) is 0. The summed E-state index contributed by atoms with van der Waals surface area (Å²) in [4.78, 5) is 8.04. The first-order chi connectivity index (χ1) is 11.3. The Morgan fingerprint density at radius 1 is 1.00 bits per heavy atom. The average Bonchev–Trinajstić information content (AvgIpc) is 3.00. The number of hydrogen-bond acceptors (Lipinski definition) is 4. The third-order valence-corrected chi connectivity index (χ3v) is 3.47.